The van der Waals surface area contributed by atoms with Gasteiger partial charge < -0.3 is 9.47 Å². The lowest BCUT2D eigenvalue weighted by Gasteiger charge is -2.26. The summed E-state index contributed by atoms with van der Waals surface area (Å²) in [6.07, 6.45) is 2.24. The Morgan fingerprint density at radius 1 is 1.00 bits per heavy atom. The largest absolute Gasteiger partial charge is 0.497 e. The summed E-state index contributed by atoms with van der Waals surface area (Å²) in [5.41, 5.74) is -0.0390. The summed E-state index contributed by atoms with van der Waals surface area (Å²) in [6, 6.07) is 8.82. The maximum absolute atomic E-state index is 14.3. The first-order valence-electron chi connectivity index (χ1n) is 10.2. The molecule has 1 heterocycles. The molecule has 2 aromatic carbocycles. The summed E-state index contributed by atoms with van der Waals surface area (Å²) < 4.78 is 50.9. The first-order valence-corrected chi connectivity index (χ1v) is 11.6. The van der Waals surface area contributed by atoms with Crippen molar-refractivity contribution in [3.63, 3.8) is 0 Å². The number of carbonyl (C=O) groups is 3. The third-order valence-corrected chi connectivity index (χ3v) is 6.95. The molecule has 11 heteroatoms. The van der Waals surface area contributed by atoms with Crippen LogP contribution < -0.4 is 10.1 Å². The van der Waals surface area contributed by atoms with Crippen LogP contribution >= 0.6 is 0 Å². The lowest BCUT2D eigenvalue weighted by atomic mass is 10.2. The highest BCUT2D eigenvalue weighted by molar-refractivity contribution is 7.89. The summed E-state index contributed by atoms with van der Waals surface area (Å²) in [5.74, 6) is -3.06. The van der Waals surface area contributed by atoms with Crippen molar-refractivity contribution in [3.8, 4) is 5.75 Å². The van der Waals surface area contributed by atoms with Crippen LogP contribution in [-0.2, 0) is 19.6 Å². The number of amides is 2. The predicted molar refractivity (Wildman–Crippen MR) is 115 cm³/mol. The van der Waals surface area contributed by atoms with E-state index in [2.05, 4.69) is 5.32 Å². The van der Waals surface area contributed by atoms with E-state index in [1.165, 1.54) is 23.5 Å². The van der Waals surface area contributed by atoms with Crippen LogP contribution in [0.15, 0.2) is 47.4 Å². The van der Waals surface area contributed by atoms with Gasteiger partial charge in [-0.3, -0.25) is 14.9 Å². The maximum atomic E-state index is 14.3. The van der Waals surface area contributed by atoms with Gasteiger partial charge in [-0.1, -0.05) is 6.42 Å². The van der Waals surface area contributed by atoms with Crippen molar-refractivity contribution < 1.29 is 36.7 Å². The first kappa shape index (κ1) is 24.3. The van der Waals surface area contributed by atoms with Gasteiger partial charge in [0.2, 0.25) is 10.0 Å². The Bertz CT molecular complexity index is 1140. The number of nitrogens with zero attached hydrogens (tertiary/aromatic N) is 1. The zero-order valence-corrected chi connectivity index (χ0v) is 18.7. The molecule has 0 bridgehead atoms. The Morgan fingerprint density at radius 2 is 1.64 bits per heavy atom. The van der Waals surface area contributed by atoms with Crippen LogP contribution in [0.1, 0.15) is 40.0 Å². The van der Waals surface area contributed by atoms with Gasteiger partial charge in [0, 0.05) is 18.7 Å². The third kappa shape index (κ3) is 5.93. The highest BCUT2D eigenvalue weighted by Gasteiger charge is 2.29. The minimum Gasteiger partial charge on any atom is -0.497 e. The van der Waals surface area contributed by atoms with Crippen LogP contribution in [0.5, 0.6) is 5.75 Å². The third-order valence-electron chi connectivity index (χ3n) is 5.04. The number of hydrogen-bond acceptors (Lipinski definition) is 7. The minimum atomic E-state index is -4.11. The van der Waals surface area contributed by atoms with Crippen LogP contribution in [-0.4, -0.2) is 57.3 Å². The second-order valence-electron chi connectivity index (χ2n) is 7.29. The van der Waals surface area contributed by atoms with Crippen LogP contribution in [0.25, 0.3) is 0 Å². The molecular weight excluding hydrogens is 455 g/mol. The number of ether oxygens (including phenoxy) is 2. The summed E-state index contributed by atoms with van der Waals surface area (Å²) in [4.78, 5) is 35.7. The van der Waals surface area contributed by atoms with E-state index in [-0.39, 0.29) is 24.2 Å². The van der Waals surface area contributed by atoms with Crippen molar-refractivity contribution in [1.82, 2.24) is 9.62 Å². The predicted octanol–water partition coefficient (Wildman–Crippen LogP) is 2.12. The fraction of sp³-hybridized carbons (Fsp3) is 0.318. The number of esters is 1. The molecule has 1 N–H and O–H groups in total. The molecule has 0 atom stereocenters. The molecule has 33 heavy (non-hydrogen) atoms. The van der Waals surface area contributed by atoms with E-state index in [0.29, 0.717) is 18.6 Å². The number of hydrogen-bond donors (Lipinski definition) is 1. The smallest absolute Gasteiger partial charge is 0.338 e. The fourth-order valence-electron chi connectivity index (χ4n) is 3.26. The zero-order valence-electron chi connectivity index (χ0n) is 17.9. The number of nitrogens with one attached hydrogen (secondary N) is 1. The maximum Gasteiger partial charge on any atom is 0.338 e. The molecule has 0 spiro atoms. The zero-order chi connectivity index (χ0) is 24.0. The Hall–Kier alpha value is -3.31. The topological polar surface area (TPSA) is 119 Å². The number of carbonyl (C=O) groups excluding carboxylic acids is 3. The molecule has 0 radical (unpaired) electrons. The molecule has 176 valence electrons. The molecule has 1 fully saturated rings. The number of benzene rings is 2. The van der Waals surface area contributed by atoms with Gasteiger partial charge >= 0.3 is 5.97 Å². The molecule has 3 rings (SSSR count). The molecule has 1 aliphatic heterocycles. The number of rotatable bonds is 7. The van der Waals surface area contributed by atoms with Gasteiger partial charge in [0.25, 0.3) is 11.8 Å². The Morgan fingerprint density at radius 3 is 2.27 bits per heavy atom. The average Bonchev–Trinajstić information content (AvgIpc) is 2.83. The molecule has 0 saturated carbocycles. The fourth-order valence-corrected chi connectivity index (χ4v) is 4.87. The quantitative estimate of drug-likeness (QED) is 0.606. The van der Waals surface area contributed by atoms with Gasteiger partial charge in [0.15, 0.2) is 6.61 Å². The van der Waals surface area contributed by atoms with Gasteiger partial charge in [-0.2, -0.15) is 4.31 Å². The minimum absolute atomic E-state index is 0.196. The van der Waals surface area contributed by atoms with Crippen molar-refractivity contribution in [1.29, 1.82) is 0 Å². The van der Waals surface area contributed by atoms with E-state index in [9.17, 15) is 27.2 Å². The van der Waals surface area contributed by atoms with E-state index in [0.717, 1.165) is 24.6 Å². The van der Waals surface area contributed by atoms with Crippen molar-refractivity contribution in [3.05, 3.63) is 59.4 Å². The van der Waals surface area contributed by atoms with Gasteiger partial charge in [-0.25, -0.2) is 17.6 Å². The summed E-state index contributed by atoms with van der Waals surface area (Å²) >= 11 is 0. The Kier molecular flexibility index (Phi) is 7.77. The summed E-state index contributed by atoms with van der Waals surface area (Å²) in [7, 11) is -2.64. The Labute approximate surface area is 190 Å². The normalized spacial score (nSPS) is 14.4. The van der Waals surface area contributed by atoms with Crippen LogP contribution in [0, 0.1) is 5.82 Å². The summed E-state index contributed by atoms with van der Waals surface area (Å²) in [6.45, 7) is -0.232. The molecule has 2 aromatic rings. The molecule has 9 nitrogen and oxygen atoms in total. The van der Waals surface area contributed by atoms with Crippen molar-refractivity contribution in [2.45, 2.75) is 24.2 Å². The van der Waals surface area contributed by atoms with Gasteiger partial charge in [-0.15, -0.1) is 0 Å². The summed E-state index contributed by atoms with van der Waals surface area (Å²) in [5, 5.41) is 2.07. The second kappa shape index (κ2) is 10.5. The molecule has 0 aliphatic carbocycles. The number of imide groups is 1. The van der Waals surface area contributed by atoms with Crippen molar-refractivity contribution in [2.24, 2.45) is 0 Å². The molecule has 1 aliphatic rings. The molecule has 0 aromatic heterocycles. The number of methoxy groups -OCH3 is 1. The number of piperidine rings is 1. The van der Waals surface area contributed by atoms with Crippen molar-refractivity contribution in [2.75, 3.05) is 26.8 Å². The Balaban J connectivity index is 1.62. The van der Waals surface area contributed by atoms with E-state index >= 15 is 0 Å². The van der Waals surface area contributed by atoms with Crippen LogP contribution in [0.4, 0.5) is 4.39 Å². The monoisotopic (exact) mass is 478 g/mol. The van der Waals surface area contributed by atoms with Crippen molar-refractivity contribution >= 4 is 27.8 Å². The van der Waals surface area contributed by atoms with E-state index in [1.807, 2.05) is 0 Å². The molecule has 0 unspecified atom stereocenters. The molecular formula is C22H23FN2O7S. The lowest BCUT2D eigenvalue weighted by molar-refractivity contribution is -0.123. The van der Waals surface area contributed by atoms with Gasteiger partial charge in [0.05, 0.1) is 12.7 Å². The van der Waals surface area contributed by atoms with E-state index < -0.39 is 45.1 Å². The highest BCUT2D eigenvalue weighted by Crippen LogP contribution is 2.24. The molecule has 1 saturated heterocycles. The van der Waals surface area contributed by atoms with Crippen LogP contribution in [0.2, 0.25) is 0 Å². The molecule has 2 amide bonds. The van der Waals surface area contributed by atoms with Crippen LogP contribution in [0.3, 0.4) is 0 Å². The second-order valence-corrected chi connectivity index (χ2v) is 9.20. The lowest BCUT2D eigenvalue weighted by Crippen LogP contribution is -2.36. The average molecular weight is 478 g/mol. The highest BCUT2D eigenvalue weighted by atomic mass is 32.2. The van der Waals surface area contributed by atoms with Gasteiger partial charge in [0.1, 0.15) is 16.5 Å². The standard InChI is InChI=1S/C22H23FN2O7S/c1-31-17-8-5-15(6-9-17)21(27)24-20(26)14-32-22(28)16-7-10-18(23)19(13-16)33(29,30)25-11-3-2-4-12-25/h5-10,13H,2-4,11-12,14H2,1H3,(H,24,26,27). The van der Waals surface area contributed by atoms with E-state index in [1.54, 1.807) is 12.1 Å². The number of sulfonamides is 1. The SMILES string of the molecule is COc1ccc(C(=O)NC(=O)COC(=O)c2ccc(F)c(S(=O)(=O)N3CCCCC3)c2)cc1. The first-order chi connectivity index (χ1) is 15.7. The van der Waals surface area contributed by atoms with Gasteiger partial charge in [-0.05, 0) is 55.3 Å². The van der Waals surface area contributed by atoms with E-state index in [4.69, 9.17) is 9.47 Å². The number of halogens is 1.